The van der Waals surface area contributed by atoms with Gasteiger partial charge in [0.1, 0.15) is 11.0 Å². The number of fused-ring (bicyclic) bond motifs is 6. The Kier molecular flexibility index (Phi) is 8.48. The van der Waals surface area contributed by atoms with Crippen LogP contribution in [0.2, 0.25) is 0 Å². The number of para-hydroxylation sites is 12. The monoisotopic (exact) mass is 852 g/mol. The summed E-state index contributed by atoms with van der Waals surface area (Å²) < 4.78 is 12.5. The molecule has 13 rings (SSSR count). The molecule has 4 heterocycles. The Morgan fingerprint density at radius 3 is 1.12 bits per heavy atom. The Hall–Kier alpha value is -8.88. The number of hydrogen-bond donors (Lipinski definition) is 0. The number of oxazole rings is 2. The number of nitrogens with zero attached hydrogens (tertiary/aromatic N) is 6. The normalized spacial score (nSPS) is 12.9. The van der Waals surface area contributed by atoms with E-state index in [4.69, 9.17) is 18.8 Å². The summed E-state index contributed by atoms with van der Waals surface area (Å²) in [6.07, 6.45) is 0. The number of rotatable bonds is 6. The van der Waals surface area contributed by atoms with E-state index in [-0.39, 0.29) is 0 Å². The minimum atomic E-state index is 0.583. The summed E-state index contributed by atoms with van der Waals surface area (Å²) in [6, 6.07) is 72.4. The van der Waals surface area contributed by atoms with Crippen molar-refractivity contribution in [2.45, 2.75) is 0 Å². The highest BCUT2D eigenvalue weighted by atomic mass is 16.4. The summed E-state index contributed by atoms with van der Waals surface area (Å²) in [5.41, 5.74) is 20.0. The SMILES string of the molecule is CN1c2ccccc2N(c2ccc(-c3ccc(-c4nc5ccccc5o4)cc3)c(N3c4ccccc4N(C)c4ccccc43)c2-c2ccc(-c3nc4ccccc4o3)cc2)c2ccccc21. The van der Waals surface area contributed by atoms with E-state index in [2.05, 4.69) is 191 Å². The van der Waals surface area contributed by atoms with Crippen LogP contribution < -0.4 is 19.6 Å². The molecule has 0 bridgehead atoms. The van der Waals surface area contributed by atoms with Crippen LogP contribution >= 0.6 is 0 Å². The first-order valence-corrected chi connectivity index (χ1v) is 22.1. The predicted octanol–water partition coefficient (Wildman–Crippen LogP) is 15.7. The molecule has 8 heteroatoms. The molecule has 0 radical (unpaired) electrons. The molecule has 0 atom stereocenters. The molecule has 2 aliphatic rings. The highest BCUT2D eigenvalue weighted by Crippen LogP contribution is 2.60. The highest BCUT2D eigenvalue weighted by Gasteiger charge is 2.35. The maximum Gasteiger partial charge on any atom is 0.227 e. The molecule has 0 N–H and O–H groups in total. The minimum Gasteiger partial charge on any atom is -0.436 e. The van der Waals surface area contributed by atoms with Gasteiger partial charge in [-0.2, -0.15) is 0 Å². The molecule has 314 valence electrons. The number of anilines is 10. The molecule has 9 aromatic carbocycles. The lowest BCUT2D eigenvalue weighted by Crippen LogP contribution is -2.26. The van der Waals surface area contributed by atoms with Crippen molar-refractivity contribution in [3.05, 3.63) is 206 Å². The van der Waals surface area contributed by atoms with Gasteiger partial charge < -0.3 is 28.4 Å². The van der Waals surface area contributed by atoms with Crippen LogP contribution in [-0.4, -0.2) is 24.1 Å². The van der Waals surface area contributed by atoms with Gasteiger partial charge in [-0.1, -0.05) is 103 Å². The van der Waals surface area contributed by atoms with Crippen molar-refractivity contribution in [3.8, 4) is 45.2 Å². The van der Waals surface area contributed by atoms with Crippen molar-refractivity contribution >= 4 is 79.1 Å². The van der Waals surface area contributed by atoms with Crippen molar-refractivity contribution in [1.29, 1.82) is 0 Å². The first-order valence-electron chi connectivity index (χ1n) is 22.1. The lowest BCUT2D eigenvalue weighted by molar-refractivity contribution is 0.619. The second kappa shape index (κ2) is 14.9. The van der Waals surface area contributed by atoms with Gasteiger partial charge in [0, 0.05) is 36.3 Å². The molecule has 0 amide bonds. The van der Waals surface area contributed by atoms with Crippen molar-refractivity contribution in [1.82, 2.24) is 9.97 Å². The highest BCUT2D eigenvalue weighted by molar-refractivity contribution is 6.11. The molecule has 0 fully saturated rings. The average molecular weight is 853 g/mol. The summed E-state index contributed by atoms with van der Waals surface area (Å²) in [5, 5.41) is 0. The fourth-order valence-electron chi connectivity index (χ4n) is 9.85. The molecule has 0 saturated carbocycles. The Balaban J connectivity index is 1.11. The molecule has 8 nitrogen and oxygen atoms in total. The first kappa shape index (κ1) is 37.7. The third-order valence-electron chi connectivity index (χ3n) is 13.0. The zero-order valence-corrected chi connectivity index (χ0v) is 36.1. The third kappa shape index (κ3) is 5.85. The quantitative estimate of drug-likeness (QED) is 0.164. The van der Waals surface area contributed by atoms with Crippen LogP contribution in [0.4, 0.5) is 56.9 Å². The van der Waals surface area contributed by atoms with Gasteiger partial charge in [-0.25, -0.2) is 9.97 Å². The van der Waals surface area contributed by atoms with Crippen molar-refractivity contribution in [2.24, 2.45) is 0 Å². The van der Waals surface area contributed by atoms with Crippen molar-refractivity contribution in [3.63, 3.8) is 0 Å². The molecule has 0 unspecified atom stereocenters. The predicted molar refractivity (Wildman–Crippen MR) is 269 cm³/mol. The zero-order valence-electron chi connectivity index (χ0n) is 36.1. The molecule has 2 aliphatic heterocycles. The third-order valence-corrected chi connectivity index (χ3v) is 13.0. The maximum atomic E-state index is 6.30. The summed E-state index contributed by atoms with van der Waals surface area (Å²) in [7, 11) is 4.30. The van der Waals surface area contributed by atoms with Gasteiger partial charge in [0.25, 0.3) is 0 Å². The Bertz CT molecular complexity index is 3510. The average Bonchev–Trinajstić information content (AvgIpc) is 4.02. The van der Waals surface area contributed by atoms with Gasteiger partial charge in [0.05, 0.1) is 56.9 Å². The fourth-order valence-corrected chi connectivity index (χ4v) is 9.85. The van der Waals surface area contributed by atoms with Gasteiger partial charge in [0.2, 0.25) is 11.8 Å². The lowest BCUT2D eigenvalue weighted by atomic mass is 9.90. The second-order valence-electron chi connectivity index (χ2n) is 16.7. The van der Waals surface area contributed by atoms with Crippen LogP contribution in [0.3, 0.4) is 0 Å². The number of hydrogen-bond acceptors (Lipinski definition) is 8. The summed E-state index contributed by atoms with van der Waals surface area (Å²) in [6.45, 7) is 0. The van der Waals surface area contributed by atoms with E-state index in [9.17, 15) is 0 Å². The Morgan fingerprint density at radius 2 is 0.682 bits per heavy atom. The fraction of sp³-hybridized carbons (Fsp3) is 0.0345. The van der Waals surface area contributed by atoms with E-state index >= 15 is 0 Å². The van der Waals surface area contributed by atoms with E-state index in [1.807, 2.05) is 48.5 Å². The molecule has 0 saturated heterocycles. The standard InChI is InChI=1S/C58H40N6O2/c1-61-44-17-5-9-21-48(44)63(49-22-10-6-18-45(49)61)52-36-35-41(37-27-31-39(32-28-37)57-59-42-15-3-13-25-53(42)65-57)56(64-50-23-11-7-19-46(50)62(2)47-20-8-12-24-51(47)64)55(52)38-29-33-40(34-30-38)58-60-43-16-4-14-26-54(43)66-58/h3-36H,1-2H3. The van der Waals surface area contributed by atoms with Crippen LogP contribution in [0.1, 0.15) is 0 Å². The van der Waals surface area contributed by atoms with Crippen molar-refractivity contribution in [2.75, 3.05) is 33.7 Å². The molecule has 66 heavy (non-hydrogen) atoms. The molecular weight excluding hydrogens is 813 g/mol. The number of benzene rings is 9. The van der Waals surface area contributed by atoms with Crippen LogP contribution in [0, 0.1) is 0 Å². The first-order chi connectivity index (χ1) is 32.6. The topological polar surface area (TPSA) is 65.0 Å². The van der Waals surface area contributed by atoms with Gasteiger partial charge >= 0.3 is 0 Å². The molecule has 2 aromatic heterocycles. The number of aromatic nitrogens is 2. The molecular formula is C58H40N6O2. The summed E-state index contributed by atoms with van der Waals surface area (Å²) >= 11 is 0. The van der Waals surface area contributed by atoms with E-state index in [1.165, 1.54) is 0 Å². The van der Waals surface area contributed by atoms with Gasteiger partial charge in [-0.3, -0.25) is 0 Å². The molecule has 11 aromatic rings. The van der Waals surface area contributed by atoms with Crippen LogP contribution in [0.15, 0.2) is 215 Å². The smallest absolute Gasteiger partial charge is 0.227 e. The minimum absolute atomic E-state index is 0.583. The summed E-state index contributed by atoms with van der Waals surface area (Å²) in [4.78, 5) is 19.2. The largest absolute Gasteiger partial charge is 0.436 e. The molecule has 0 aliphatic carbocycles. The van der Waals surface area contributed by atoms with Gasteiger partial charge in [-0.05, 0) is 114 Å². The Morgan fingerprint density at radius 1 is 0.318 bits per heavy atom. The zero-order chi connectivity index (χ0) is 43.9. The van der Waals surface area contributed by atoms with Crippen LogP contribution in [-0.2, 0) is 0 Å². The Labute approximate surface area is 381 Å². The van der Waals surface area contributed by atoms with E-state index < -0.39 is 0 Å². The van der Waals surface area contributed by atoms with Crippen LogP contribution in [0.5, 0.6) is 0 Å². The van der Waals surface area contributed by atoms with Crippen LogP contribution in [0.25, 0.3) is 67.4 Å². The molecule has 0 spiro atoms. The van der Waals surface area contributed by atoms with Gasteiger partial charge in [-0.15, -0.1) is 0 Å². The van der Waals surface area contributed by atoms with Gasteiger partial charge in [0.15, 0.2) is 11.2 Å². The second-order valence-corrected chi connectivity index (χ2v) is 16.7. The summed E-state index contributed by atoms with van der Waals surface area (Å²) in [5.74, 6) is 1.17. The van der Waals surface area contributed by atoms with Crippen molar-refractivity contribution < 1.29 is 8.83 Å². The maximum absolute atomic E-state index is 6.30. The van der Waals surface area contributed by atoms with E-state index in [1.54, 1.807) is 0 Å². The van der Waals surface area contributed by atoms with E-state index in [0.717, 1.165) is 112 Å². The van der Waals surface area contributed by atoms with E-state index in [0.29, 0.717) is 11.8 Å². The lowest BCUT2D eigenvalue weighted by Gasteiger charge is -2.42.